The van der Waals surface area contributed by atoms with Crippen molar-refractivity contribution >= 4 is 35.1 Å². The van der Waals surface area contributed by atoms with Crippen LogP contribution in [-0.2, 0) is 0 Å². The molecule has 2 heterocycles. The molecule has 33 heavy (non-hydrogen) atoms. The van der Waals surface area contributed by atoms with Crippen LogP contribution in [0.4, 0.5) is 16.3 Å². The third-order valence-electron chi connectivity index (χ3n) is 5.37. The average molecular weight is 460 g/mol. The van der Waals surface area contributed by atoms with Crippen LogP contribution >= 0.6 is 11.6 Å². The summed E-state index contributed by atoms with van der Waals surface area (Å²) in [4.78, 5) is 17.1. The number of anilines is 2. The molecule has 1 amide bonds. The van der Waals surface area contributed by atoms with Gasteiger partial charge < -0.3 is 5.32 Å². The molecule has 4 aromatic rings. The van der Waals surface area contributed by atoms with E-state index in [1.54, 1.807) is 4.68 Å². The third-order valence-corrected chi connectivity index (χ3v) is 5.62. The Morgan fingerprint density at radius 3 is 2.42 bits per heavy atom. The molecular formula is C25H19ClFN5O. The number of aryl methyl sites for hydroxylation is 1. The van der Waals surface area contributed by atoms with E-state index in [4.69, 9.17) is 11.6 Å². The fraction of sp³-hybridized carbons (Fsp3) is 0.0800. The Morgan fingerprint density at radius 2 is 1.73 bits per heavy atom. The van der Waals surface area contributed by atoms with Crippen molar-refractivity contribution in [3.8, 4) is 0 Å². The highest BCUT2D eigenvalue weighted by Crippen LogP contribution is 2.33. The first-order chi connectivity index (χ1) is 16.0. The lowest BCUT2D eigenvalue weighted by atomic mass is 10.0. The minimum atomic E-state index is -0.423. The molecule has 1 atom stereocenters. The van der Waals surface area contributed by atoms with Crippen LogP contribution < -0.4 is 10.6 Å². The number of allylic oxidation sites excluding steroid dienone is 1. The van der Waals surface area contributed by atoms with Crippen molar-refractivity contribution in [1.82, 2.24) is 14.8 Å². The predicted molar refractivity (Wildman–Crippen MR) is 127 cm³/mol. The second kappa shape index (κ2) is 8.52. The Kier molecular flexibility index (Phi) is 5.40. The van der Waals surface area contributed by atoms with Gasteiger partial charge in [0.2, 0.25) is 5.95 Å². The number of aromatic nitrogens is 3. The van der Waals surface area contributed by atoms with E-state index >= 15 is 0 Å². The van der Waals surface area contributed by atoms with Crippen LogP contribution in [0.5, 0.6) is 0 Å². The summed E-state index contributed by atoms with van der Waals surface area (Å²) in [6.07, 6.45) is 2.06. The van der Waals surface area contributed by atoms with Crippen LogP contribution in [0.2, 0.25) is 5.02 Å². The summed E-state index contributed by atoms with van der Waals surface area (Å²) >= 11 is 6.09. The number of nitrogens with zero attached hydrogens (tertiary/aromatic N) is 3. The quantitative estimate of drug-likeness (QED) is 0.411. The van der Waals surface area contributed by atoms with Gasteiger partial charge in [-0.15, -0.1) is 5.10 Å². The minimum absolute atomic E-state index is 0.143. The molecule has 1 aliphatic rings. The molecule has 8 heteroatoms. The van der Waals surface area contributed by atoms with Crippen molar-refractivity contribution in [3.63, 3.8) is 0 Å². The van der Waals surface area contributed by atoms with Gasteiger partial charge in [0.05, 0.1) is 0 Å². The highest BCUT2D eigenvalue weighted by molar-refractivity contribution is 6.30. The van der Waals surface area contributed by atoms with Gasteiger partial charge in [-0.25, -0.2) is 9.07 Å². The first-order valence-electron chi connectivity index (χ1n) is 10.3. The van der Waals surface area contributed by atoms with Crippen LogP contribution in [0.25, 0.3) is 5.70 Å². The Morgan fingerprint density at radius 1 is 1.03 bits per heavy atom. The second-order valence-corrected chi connectivity index (χ2v) is 8.17. The van der Waals surface area contributed by atoms with E-state index in [9.17, 15) is 9.18 Å². The zero-order chi connectivity index (χ0) is 22.9. The molecule has 5 rings (SSSR count). The van der Waals surface area contributed by atoms with Crippen LogP contribution in [0, 0.1) is 12.7 Å². The number of fused-ring (bicyclic) bond motifs is 1. The molecule has 6 nitrogen and oxygen atoms in total. The highest BCUT2D eigenvalue weighted by Gasteiger charge is 2.26. The maximum Gasteiger partial charge on any atom is 0.258 e. The minimum Gasteiger partial charge on any atom is -0.324 e. The van der Waals surface area contributed by atoms with Gasteiger partial charge in [0.1, 0.15) is 11.9 Å². The molecule has 0 bridgehead atoms. The van der Waals surface area contributed by atoms with Crippen LogP contribution in [0.15, 0.2) is 78.9 Å². The van der Waals surface area contributed by atoms with E-state index < -0.39 is 11.7 Å². The topological polar surface area (TPSA) is 71.8 Å². The number of carbonyl (C=O) groups is 1. The smallest absolute Gasteiger partial charge is 0.258 e. The molecule has 164 valence electrons. The van der Waals surface area contributed by atoms with Gasteiger partial charge in [0.15, 0.2) is 0 Å². The number of benzene rings is 3. The number of halogens is 2. The molecule has 0 aliphatic carbocycles. The molecule has 0 fully saturated rings. The average Bonchev–Trinajstić information content (AvgIpc) is 3.22. The van der Waals surface area contributed by atoms with Crippen molar-refractivity contribution in [2.24, 2.45) is 0 Å². The van der Waals surface area contributed by atoms with Crippen molar-refractivity contribution in [2.75, 3.05) is 10.6 Å². The molecule has 3 aromatic carbocycles. The lowest BCUT2D eigenvalue weighted by molar-refractivity contribution is 0.102. The Balaban J connectivity index is 1.50. The van der Waals surface area contributed by atoms with Crippen LogP contribution in [0.1, 0.15) is 33.1 Å². The maximum atomic E-state index is 13.2. The summed E-state index contributed by atoms with van der Waals surface area (Å²) in [7, 11) is 0. The summed E-state index contributed by atoms with van der Waals surface area (Å²) < 4.78 is 14.9. The van der Waals surface area contributed by atoms with Gasteiger partial charge >= 0.3 is 0 Å². The summed E-state index contributed by atoms with van der Waals surface area (Å²) in [5, 5.41) is 11.2. The standard InChI is InChI=1S/C25H19ClFN5O/c1-15-2-4-16(5-3-15)21-14-22(17-6-10-19(26)11-7-17)32-25(28-21)30-24(31-32)29-23(33)18-8-12-20(27)13-9-18/h2-14,22H,1H3,(H2,28,29,30,31,33). The summed E-state index contributed by atoms with van der Waals surface area (Å²) in [5.74, 6) is -0.202. The van der Waals surface area contributed by atoms with Gasteiger partial charge in [-0.05, 0) is 60.5 Å². The van der Waals surface area contributed by atoms with E-state index in [2.05, 4.69) is 26.8 Å². The van der Waals surface area contributed by atoms with Gasteiger partial charge in [0, 0.05) is 16.3 Å². The number of amides is 1. The van der Waals surface area contributed by atoms with E-state index in [0.717, 1.165) is 16.8 Å². The lowest BCUT2D eigenvalue weighted by Gasteiger charge is -2.24. The molecule has 2 N–H and O–H groups in total. The highest BCUT2D eigenvalue weighted by atomic mass is 35.5. The Bertz CT molecular complexity index is 1350. The number of hydrogen-bond acceptors (Lipinski definition) is 4. The fourth-order valence-corrected chi connectivity index (χ4v) is 3.75. The molecule has 1 aromatic heterocycles. The van der Waals surface area contributed by atoms with E-state index in [-0.39, 0.29) is 12.0 Å². The predicted octanol–water partition coefficient (Wildman–Crippen LogP) is 5.69. The van der Waals surface area contributed by atoms with Gasteiger partial charge in [0.25, 0.3) is 11.9 Å². The third kappa shape index (κ3) is 4.36. The monoisotopic (exact) mass is 459 g/mol. The normalized spacial score (nSPS) is 14.8. The van der Waals surface area contributed by atoms with Crippen LogP contribution in [-0.4, -0.2) is 20.7 Å². The second-order valence-electron chi connectivity index (χ2n) is 7.73. The van der Waals surface area contributed by atoms with E-state index in [1.807, 2.05) is 55.5 Å². The zero-order valence-corrected chi connectivity index (χ0v) is 18.3. The van der Waals surface area contributed by atoms with Crippen molar-refractivity contribution in [3.05, 3.63) is 112 Å². The molecule has 0 saturated heterocycles. The number of rotatable bonds is 4. The van der Waals surface area contributed by atoms with Gasteiger partial charge in [-0.2, -0.15) is 4.98 Å². The Hall–Kier alpha value is -3.97. The SMILES string of the molecule is Cc1ccc(C2=CC(c3ccc(Cl)cc3)n3nc(NC(=O)c4ccc(F)cc4)nc3N2)cc1. The zero-order valence-electron chi connectivity index (χ0n) is 17.6. The number of nitrogens with one attached hydrogen (secondary N) is 2. The molecule has 0 spiro atoms. The number of carbonyl (C=O) groups excluding carboxylic acids is 1. The lowest BCUT2D eigenvalue weighted by Crippen LogP contribution is -2.20. The van der Waals surface area contributed by atoms with Crippen molar-refractivity contribution in [2.45, 2.75) is 13.0 Å². The summed E-state index contributed by atoms with van der Waals surface area (Å²) in [6.45, 7) is 2.04. The molecule has 1 unspecified atom stereocenters. The summed E-state index contributed by atoms with van der Waals surface area (Å²) in [5.41, 5.74) is 4.33. The molecule has 0 radical (unpaired) electrons. The van der Waals surface area contributed by atoms with E-state index in [1.165, 1.54) is 29.8 Å². The van der Waals surface area contributed by atoms with E-state index in [0.29, 0.717) is 16.5 Å². The summed E-state index contributed by atoms with van der Waals surface area (Å²) in [6, 6.07) is 20.7. The molecular weight excluding hydrogens is 441 g/mol. The largest absolute Gasteiger partial charge is 0.324 e. The Labute approximate surface area is 194 Å². The first-order valence-corrected chi connectivity index (χ1v) is 10.7. The maximum absolute atomic E-state index is 13.2. The fourth-order valence-electron chi connectivity index (χ4n) is 3.62. The molecule has 1 aliphatic heterocycles. The van der Waals surface area contributed by atoms with Crippen molar-refractivity contribution < 1.29 is 9.18 Å². The first kappa shape index (κ1) is 20.9. The van der Waals surface area contributed by atoms with Crippen molar-refractivity contribution in [1.29, 1.82) is 0 Å². The van der Waals surface area contributed by atoms with Gasteiger partial charge in [-0.1, -0.05) is 53.6 Å². The van der Waals surface area contributed by atoms with Gasteiger partial charge in [-0.3, -0.25) is 10.1 Å². The number of hydrogen-bond donors (Lipinski definition) is 2. The van der Waals surface area contributed by atoms with Crippen LogP contribution in [0.3, 0.4) is 0 Å². The molecule has 0 saturated carbocycles.